The van der Waals surface area contributed by atoms with Crippen molar-refractivity contribution in [1.82, 2.24) is 4.90 Å². The molecule has 108 valence electrons. The van der Waals surface area contributed by atoms with Crippen LogP contribution in [0.1, 0.15) is 45.4 Å². The monoisotopic (exact) mass is 268 g/mol. The Balaban J connectivity index is 2.16. The van der Waals surface area contributed by atoms with E-state index in [2.05, 4.69) is 0 Å². The first-order valence-electron chi connectivity index (χ1n) is 7.25. The summed E-state index contributed by atoms with van der Waals surface area (Å²) in [4.78, 5) is 25.7. The van der Waals surface area contributed by atoms with Crippen molar-refractivity contribution in [3.05, 3.63) is 0 Å². The molecular weight excluding hydrogens is 244 g/mol. The lowest BCUT2D eigenvalue weighted by molar-refractivity contribution is -0.158. The van der Waals surface area contributed by atoms with Gasteiger partial charge in [-0.05, 0) is 45.1 Å². The van der Waals surface area contributed by atoms with Crippen LogP contribution in [0.5, 0.6) is 0 Å². The van der Waals surface area contributed by atoms with Gasteiger partial charge in [0, 0.05) is 12.5 Å². The molecule has 5 nitrogen and oxygen atoms in total. The highest BCUT2D eigenvalue weighted by atomic mass is 16.4. The molecule has 3 N–H and O–H groups in total. The van der Waals surface area contributed by atoms with Crippen LogP contribution in [0, 0.1) is 11.8 Å². The van der Waals surface area contributed by atoms with Crippen molar-refractivity contribution in [2.24, 2.45) is 17.6 Å². The number of hydrogen-bond donors (Lipinski definition) is 2. The standard InChI is InChI=1S/C14H24N2O3/c1-14(13(18)19)7-4-8-16(14)12(17)11-6-3-2-5-10(11)9-15/h10-11H,2-9,15H2,1H3,(H,18,19). The van der Waals surface area contributed by atoms with Gasteiger partial charge in [0.2, 0.25) is 5.91 Å². The summed E-state index contributed by atoms with van der Waals surface area (Å²) in [5.41, 5.74) is 4.75. The number of aliphatic carboxylic acids is 1. The minimum atomic E-state index is -1.02. The van der Waals surface area contributed by atoms with E-state index in [1.807, 2.05) is 0 Å². The quantitative estimate of drug-likeness (QED) is 0.806. The van der Waals surface area contributed by atoms with E-state index in [1.54, 1.807) is 11.8 Å². The second kappa shape index (κ2) is 5.49. The van der Waals surface area contributed by atoms with Gasteiger partial charge in [-0.15, -0.1) is 0 Å². The lowest BCUT2D eigenvalue weighted by Gasteiger charge is -2.38. The molecule has 0 aromatic rings. The third-order valence-corrected chi connectivity index (χ3v) is 4.90. The number of carbonyl (C=O) groups is 2. The summed E-state index contributed by atoms with van der Waals surface area (Å²) in [6, 6.07) is 0. The Morgan fingerprint density at radius 3 is 2.63 bits per heavy atom. The van der Waals surface area contributed by atoms with Crippen molar-refractivity contribution in [2.75, 3.05) is 13.1 Å². The summed E-state index contributed by atoms with van der Waals surface area (Å²) >= 11 is 0. The van der Waals surface area contributed by atoms with Gasteiger partial charge < -0.3 is 15.7 Å². The predicted octanol–water partition coefficient (Wildman–Crippen LogP) is 1.22. The van der Waals surface area contributed by atoms with Crippen LogP contribution in [0.4, 0.5) is 0 Å². The van der Waals surface area contributed by atoms with Crippen LogP contribution in [0.2, 0.25) is 0 Å². The number of rotatable bonds is 3. The van der Waals surface area contributed by atoms with Crippen molar-refractivity contribution in [3.63, 3.8) is 0 Å². The number of nitrogens with two attached hydrogens (primary N) is 1. The van der Waals surface area contributed by atoms with E-state index in [-0.39, 0.29) is 17.7 Å². The molecule has 0 bridgehead atoms. The number of carboxylic acid groups (broad SMARTS) is 1. The Bertz CT molecular complexity index is 372. The number of carboxylic acids is 1. The summed E-state index contributed by atoms with van der Waals surface area (Å²) in [7, 11) is 0. The maximum absolute atomic E-state index is 12.7. The van der Waals surface area contributed by atoms with Gasteiger partial charge in [-0.2, -0.15) is 0 Å². The van der Waals surface area contributed by atoms with Gasteiger partial charge >= 0.3 is 5.97 Å². The Morgan fingerprint density at radius 1 is 1.32 bits per heavy atom. The molecule has 3 atom stereocenters. The molecule has 1 aliphatic heterocycles. The van der Waals surface area contributed by atoms with Crippen LogP contribution in [0.15, 0.2) is 0 Å². The fourth-order valence-electron chi connectivity index (χ4n) is 3.55. The summed E-state index contributed by atoms with van der Waals surface area (Å²) in [5, 5.41) is 9.39. The van der Waals surface area contributed by atoms with Gasteiger partial charge in [-0.1, -0.05) is 12.8 Å². The molecule has 1 heterocycles. The first-order chi connectivity index (χ1) is 9.00. The zero-order valence-electron chi connectivity index (χ0n) is 11.6. The van der Waals surface area contributed by atoms with Crippen LogP contribution in [-0.2, 0) is 9.59 Å². The molecule has 0 spiro atoms. The second-order valence-corrected chi connectivity index (χ2v) is 6.06. The molecule has 2 fully saturated rings. The van der Waals surface area contributed by atoms with E-state index in [0.29, 0.717) is 19.5 Å². The molecule has 1 saturated heterocycles. The van der Waals surface area contributed by atoms with E-state index < -0.39 is 11.5 Å². The fraction of sp³-hybridized carbons (Fsp3) is 0.857. The van der Waals surface area contributed by atoms with Gasteiger partial charge in [0.15, 0.2) is 0 Å². The predicted molar refractivity (Wildman–Crippen MR) is 71.5 cm³/mol. The molecule has 1 amide bonds. The Labute approximate surface area is 114 Å². The van der Waals surface area contributed by atoms with Crippen LogP contribution in [0.25, 0.3) is 0 Å². The first-order valence-corrected chi connectivity index (χ1v) is 7.25. The van der Waals surface area contributed by atoms with Gasteiger partial charge in [0.1, 0.15) is 5.54 Å². The van der Waals surface area contributed by atoms with E-state index in [0.717, 1.165) is 32.1 Å². The lowest BCUT2D eigenvalue weighted by Crippen LogP contribution is -2.54. The van der Waals surface area contributed by atoms with Crippen molar-refractivity contribution in [1.29, 1.82) is 0 Å². The average Bonchev–Trinajstić information content (AvgIpc) is 2.81. The molecule has 0 aromatic heterocycles. The molecule has 19 heavy (non-hydrogen) atoms. The molecule has 1 saturated carbocycles. The minimum absolute atomic E-state index is 0.0116. The number of carbonyl (C=O) groups excluding carboxylic acids is 1. The zero-order valence-corrected chi connectivity index (χ0v) is 11.6. The third-order valence-electron chi connectivity index (χ3n) is 4.90. The van der Waals surface area contributed by atoms with Crippen molar-refractivity contribution >= 4 is 11.9 Å². The Hall–Kier alpha value is -1.10. The number of likely N-dealkylation sites (tertiary alicyclic amines) is 1. The SMILES string of the molecule is CC1(C(=O)O)CCCN1C(=O)C1CCCCC1CN. The van der Waals surface area contributed by atoms with Gasteiger partial charge in [-0.3, -0.25) is 4.79 Å². The smallest absolute Gasteiger partial charge is 0.329 e. The van der Waals surface area contributed by atoms with Crippen LogP contribution < -0.4 is 5.73 Å². The Morgan fingerprint density at radius 2 is 2.00 bits per heavy atom. The van der Waals surface area contributed by atoms with Crippen molar-refractivity contribution in [2.45, 2.75) is 51.0 Å². The van der Waals surface area contributed by atoms with Crippen LogP contribution in [-0.4, -0.2) is 40.5 Å². The highest BCUT2D eigenvalue weighted by Gasteiger charge is 2.48. The van der Waals surface area contributed by atoms with Gasteiger partial charge in [0.25, 0.3) is 0 Å². The van der Waals surface area contributed by atoms with Gasteiger partial charge in [0.05, 0.1) is 0 Å². The summed E-state index contributed by atoms with van der Waals surface area (Å²) in [6.45, 7) is 2.75. The van der Waals surface area contributed by atoms with Crippen LogP contribution >= 0.6 is 0 Å². The molecule has 2 rings (SSSR count). The average molecular weight is 268 g/mol. The molecule has 5 heteroatoms. The maximum atomic E-state index is 12.7. The topological polar surface area (TPSA) is 83.6 Å². The van der Waals surface area contributed by atoms with Gasteiger partial charge in [-0.25, -0.2) is 4.79 Å². The Kier molecular flexibility index (Phi) is 4.13. The molecule has 1 aliphatic carbocycles. The minimum Gasteiger partial charge on any atom is -0.480 e. The fourth-order valence-corrected chi connectivity index (χ4v) is 3.55. The molecule has 0 aromatic carbocycles. The van der Waals surface area contributed by atoms with E-state index in [4.69, 9.17) is 5.73 Å². The number of hydrogen-bond acceptors (Lipinski definition) is 3. The van der Waals surface area contributed by atoms with Crippen molar-refractivity contribution in [3.8, 4) is 0 Å². The van der Waals surface area contributed by atoms with E-state index in [9.17, 15) is 14.7 Å². The lowest BCUT2D eigenvalue weighted by atomic mass is 9.78. The first kappa shape index (κ1) is 14.3. The normalized spacial score (nSPS) is 35.4. The summed E-state index contributed by atoms with van der Waals surface area (Å²) in [6.07, 6.45) is 5.34. The highest BCUT2D eigenvalue weighted by Crippen LogP contribution is 2.36. The summed E-state index contributed by atoms with van der Waals surface area (Å²) < 4.78 is 0. The zero-order chi connectivity index (χ0) is 14.0. The molecule has 3 unspecified atom stereocenters. The molecule has 2 aliphatic rings. The molecule has 0 radical (unpaired) electrons. The summed E-state index contributed by atoms with van der Waals surface area (Å²) in [5.74, 6) is -0.730. The number of nitrogens with zero attached hydrogens (tertiary/aromatic N) is 1. The third kappa shape index (κ3) is 2.48. The van der Waals surface area contributed by atoms with Crippen LogP contribution in [0.3, 0.4) is 0 Å². The van der Waals surface area contributed by atoms with E-state index in [1.165, 1.54) is 0 Å². The highest BCUT2D eigenvalue weighted by molar-refractivity contribution is 5.88. The van der Waals surface area contributed by atoms with Crippen molar-refractivity contribution < 1.29 is 14.7 Å². The second-order valence-electron chi connectivity index (χ2n) is 6.06. The number of amides is 1. The van der Waals surface area contributed by atoms with E-state index >= 15 is 0 Å². The molecular formula is C14H24N2O3. The maximum Gasteiger partial charge on any atom is 0.329 e. The largest absolute Gasteiger partial charge is 0.480 e.